The molecule has 5 nitrogen and oxygen atoms in total. The lowest BCUT2D eigenvalue weighted by Crippen LogP contribution is -2.30. The Balaban J connectivity index is 1.56. The second-order valence-corrected chi connectivity index (χ2v) is 8.50. The van der Waals surface area contributed by atoms with Crippen LogP contribution in [0.5, 0.6) is 0 Å². The molecule has 1 atom stereocenters. The van der Waals surface area contributed by atoms with Crippen molar-refractivity contribution in [2.45, 2.75) is 51.5 Å². The van der Waals surface area contributed by atoms with Crippen LogP contribution in [0.3, 0.4) is 0 Å². The van der Waals surface area contributed by atoms with Gasteiger partial charge in [-0.05, 0) is 56.4 Å². The highest BCUT2D eigenvalue weighted by Crippen LogP contribution is 2.30. The van der Waals surface area contributed by atoms with Crippen LogP contribution in [0.1, 0.15) is 67.4 Å². The summed E-state index contributed by atoms with van der Waals surface area (Å²) in [5.74, 6) is 0.0642. The lowest BCUT2D eigenvalue weighted by molar-refractivity contribution is -0.119. The van der Waals surface area contributed by atoms with Crippen LogP contribution >= 0.6 is 0 Å². The molecular formula is C25H31N3O2. The van der Waals surface area contributed by atoms with Crippen molar-refractivity contribution in [1.29, 1.82) is 0 Å². The first-order valence-electron chi connectivity index (χ1n) is 11.2. The lowest BCUT2D eigenvalue weighted by atomic mass is 10.1. The number of hydrogen-bond donors (Lipinski definition) is 2. The van der Waals surface area contributed by atoms with Gasteiger partial charge in [0.15, 0.2) is 0 Å². The molecule has 1 saturated heterocycles. The number of nitrogens with zero attached hydrogens (tertiary/aromatic N) is 1. The first kappa shape index (κ1) is 20.5. The maximum Gasteiger partial charge on any atom is 0.253 e. The molecule has 0 unspecified atom stereocenters. The monoisotopic (exact) mass is 405 g/mol. The van der Waals surface area contributed by atoms with E-state index in [2.05, 4.69) is 15.5 Å². The number of nitrogens with one attached hydrogen (secondary N) is 2. The van der Waals surface area contributed by atoms with Crippen LogP contribution < -0.4 is 15.5 Å². The summed E-state index contributed by atoms with van der Waals surface area (Å²) < 4.78 is 0. The van der Waals surface area contributed by atoms with E-state index in [1.165, 1.54) is 0 Å². The quantitative estimate of drug-likeness (QED) is 0.718. The van der Waals surface area contributed by atoms with Crippen molar-refractivity contribution in [3.8, 4) is 0 Å². The molecule has 2 aliphatic rings. The molecule has 0 radical (unpaired) electrons. The van der Waals surface area contributed by atoms with Crippen LogP contribution in [-0.2, 0) is 4.79 Å². The average molecular weight is 406 g/mol. The Kier molecular flexibility index (Phi) is 6.36. The predicted octanol–water partition coefficient (Wildman–Crippen LogP) is 4.91. The SMILES string of the molecule is C[C@@H](NC(=O)c1cc(NC(=O)C2CCCC2)ccc1N1CCCC1)c1ccccc1. The Morgan fingerprint density at radius 3 is 2.37 bits per heavy atom. The van der Waals surface area contributed by atoms with Crippen LogP contribution in [-0.4, -0.2) is 24.9 Å². The van der Waals surface area contributed by atoms with E-state index in [0.717, 1.165) is 62.9 Å². The first-order chi connectivity index (χ1) is 14.6. The molecular weight excluding hydrogens is 374 g/mol. The minimum atomic E-state index is -0.106. The zero-order valence-corrected chi connectivity index (χ0v) is 17.7. The standard InChI is InChI=1S/C25H31N3O2/c1-18(19-9-3-2-4-10-19)26-25(30)22-17-21(27-24(29)20-11-5-6-12-20)13-14-23(22)28-15-7-8-16-28/h2-4,9-10,13-14,17-18,20H,5-8,11-12,15-16H2,1H3,(H,26,30)(H,27,29)/t18-/m1/s1. The molecule has 0 aromatic heterocycles. The van der Waals surface area contributed by atoms with Crippen molar-refractivity contribution >= 4 is 23.2 Å². The van der Waals surface area contributed by atoms with Gasteiger partial charge in [0.25, 0.3) is 5.91 Å². The molecule has 30 heavy (non-hydrogen) atoms. The van der Waals surface area contributed by atoms with E-state index in [-0.39, 0.29) is 23.8 Å². The molecule has 158 valence electrons. The summed E-state index contributed by atoms with van der Waals surface area (Å²) in [6.07, 6.45) is 6.44. The highest BCUT2D eigenvalue weighted by molar-refractivity contribution is 6.02. The molecule has 5 heteroatoms. The Hall–Kier alpha value is -2.82. The minimum Gasteiger partial charge on any atom is -0.371 e. The molecule has 4 rings (SSSR count). The van der Waals surface area contributed by atoms with E-state index in [1.807, 2.05) is 55.5 Å². The normalized spacial score (nSPS) is 17.7. The molecule has 1 aliphatic carbocycles. The Bertz CT molecular complexity index is 885. The summed E-state index contributed by atoms with van der Waals surface area (Å²) in [4.78, 5) is 28.1. The number of anilines is 2. The van der Waals surface area contributed by atoms with Gasteiger partial charge >= 0.3 is 0 Å². The molecule has 2 N–H and O–H groups in total. The van der Waals surface area contributed by atoms with Crippen LogP contribution in [0, 0.1) is 5.92 Å². The van der Waals surface area contributed by atoms with Crippen molar-refractivity contribution in [3.63, 3.8) is 0 Å². The van der Waals surface area contributed by atoms with Crippen molar-refractivity contribution in [2.24, 2.45) is 5.92 Å². The minimum absolute atomic E-state index is 0.0745. The second kappa shape index (κ2) is 9.33. The second-order valence-electron chi connectivity index (χ2n) is 8.50. The fraction of sp³-hybridized carbons (Fsp3) is 0.440. The maximum absolute atomic E-state index is 13.2. The largest absolute Gasteiger partial charge is 0.371 e. The average Bonchev–Trinajstić information content (AvgIpc) is 3.48. The van der Waals surface area contributed by atoms with E-state index in [1.54, 1.807) is 0 Å². The van der Waals surface area contributed by atoms with Gasteiger partial charge in [0.05, 0.1) is 11.6 Å². The number of amides is 2. The number of hydrogen-bond acceptors (Lipinski definition) is 3. The van der Waals surface area contributed by atoms with Crippen molar-refractivity contribution in [1.82, 2.24) is 5.32 Å². The topological polar surface area (TPSA) is 61.4 Å². The summed E-state index contributed by atoms with van der Waals surface area (Å²) in [6.45, 7) is 3.92. The third-order valence-electron chi connectivity index (χ3n) is 6.33. The van der Waals surface area contributed by atoms with Crippen LogP contribution in [0.4, 0.5) is 11.4 Å². The zero-order chi connectivity index (χ0) is 20.9. The number of rotatable bonds is 6. The van der Waals surface area contributed by atoms with Gasteiger partial charge in [-0.2, -0.15) is 0 Å². The molecule has 1 aliphatic heterocycles. The molecule has 2 aromatic rings. The van der Waals surface area contributed by atoms with Crippen LogP contribution in [0.2, 0.25) is 0 Å². The van der Waals surface area contributed by atoms with Crippen molar-refractivity contribution in [2.75, 3.05) is 23.3 Å². The Morgan fingerprint density at radius 2 is 1.67 bits per heavy atom. The molecule has 2 aromatic carbocycles. The highest BCUT2D eigenvalue weighted by atomic mass is 16.2. The lowest BCUT2D eigenvalue weighted by Gasteiger charge is -2.23. The number of carbonyl (C=O) groups excluding carboxylic acids is 2. The Morgan fingerprint density at radius 1 is 0.967 bits per heavy atom. The van der Waals surface area contributed by atoms with Gasteiger partial charge in [-0.1, -0.05) is 43.2 Å². The van der Waals surface area contributed by atoms with Gasteiger partial charge in [-0.15, -0.1) is 0 Å². The van der Waals surface area contributed by atoms with Gasteiger partial charge in [0.2, 0.25) is 5.91 Å². The van der Waals surface area contributed by atoms with Gasteiger partial charge in [0, 0.05) is 30.4 Å². The summed E-state index contributed by atoms with van der Waals surface area (Å²) in [7, 11) is 0. The van der Waals surface area contributed by atoms with E-state index >= 15 is 0 Å². The van der Waals surface area contributed by atoms with Gasteiger partial charge in [0.1, 0.15) is 0 Å². The molecule has 2 amide bonds. The fourth-order valence-electron chi connectivity index (χ4n) is 4.56. The van der Waals surface area contributed by atoms with E-state index in [4.69, 9.17) is 0 Å². The molecule has 2 fully saturated rings. The van der Waals surface area contributed by atoms with E-state index in [9.17, 15) is 9.59 Å². The van der Waals surface area contributed by atoms with Gasteiger partial charge in [-0.25, -0.2) is 0 Å². The highest BCUT2D eigenvalue weighted by Gasteiger charge is 2.25. The zero-order valence-electron chi connectivity index (χ0n) is 17.7. The summed E-state index contributed by atoms with van der Waals surface area (Å²) >= 11 is 0. The van der Waals surface area contributed by atoms with E-state index < -0.39 is 0 Å². The maximum atomic E-state index is 13.2. The fourth-order valence-corrected chi connectivity index (χ4v) is 4.56. The smallest absolute Gasteiger partial charge is 0.253 e. The summed E-state index contributed by atoms with van der Waals surface area (Å²) in [5.41, 5.74) is 3.35. The first-order valence-corrected chi connectivity index (χ1v) is 11.2. The van der Waals surface area contributed by atoms with Crippen LogP contribution in [0.15, 0.2) is 48.5 Å². The molecule has 0 spiro atoms. The van der Waals surface area contributed by atoms with Crippen LogP contribution in [0.25, 0.3) is 0 Å². The van der Waals surface area contributed by atoms with Gasteiger partial charge < -0.3 is 15.5 Å². The summed E-state index contributed by atoms with van der Waals surface area (Å²) in [5, 5.41) is 6.18. The van der Waals surface area contributed by atoms with Crippen molar-refractivity contribution in [3.05, 3.63) is 59.7 Å². The molecule has 1 saturated carbocycles. The molecule has 0 bridgehead atoms. The molecule has 1 heterocycles. The summed E-state index contributed by atoms with van der Waals surface area (Å²) in [6, 6.07) is 15.6. The van der Waals surface area contributed by atoms with E-state index in [0.29, 0.717) is 11.3 Å². The number of carbonyl (C=O) groups is 2. The predicted molar refractivity (Wildman–Crippen MR) is 121 cm³/mol. The van der Waals surface area contributed by atoms with Gasteiger partial charge in [-0.3, -0.25) is 9.59 Å². The third kappa shape index (κ3) is 4.66. The third-order valence-corrected chi connectivity index (χ3v) is 6.33. The van der Waals surface area contributed by atoms with Crippen molar-refractivity contribution < 1.29 is 9.59 Å². The Labute approximate surface area is 178 Å². The number of benzene rings is 2.